The topological polar surface area (TPSA) is 66.9 Å². The maximum absolute atomic E-state index is 12.7. The predicted molar refractivity (Wildman–Crippen MR) is 88.8 cm³/mol. The minimum Gasteiger partial charge on any atom is -0.405 e. The van der Waals surface area contributed by atoms with E-state index in [9.17, 15) is 26.4 Å². The molecule has 1 aliphatic rings. The number of hydrogen-bond acceptors (Lipinski definition) is 4. The third kappa shape index (κ3) is 5.34. The van der Waals surface area contributed by atoms with E-state index in [1.807, 2.05) is 0 Å². The molecule has 0 N–H and O–H groups in total. The van der Waals surface area contributed by atoms with Gasteiger partial charge in [0.1, 0.15) is 11.8 Å². The highest BCUT2D eigenvalue weighted by atomic mass is 32.2. The van der Waals surface area contributed by atoms with Crippen molar-refractivity contribution in [1.82, 2.24) is 9.21 Å². The molecule has 1 aliphatic heterocycles. The number of carbonyl (C=O) groups is 1. The van der Waals surface area contributed by atoms with Crippen molar-refractivity contribution in [2.24, 2.45) is 0 Å². The van der Waals surface area contributed by atoms with Crippen LogP contribution in [-0.2, 0) is 21.4 Å². The second-order valence-corrected chi connectivity index (χ2v) is 8.17. The van der Waals surface area contributed by atoms with E-state index >= 15 is 0 Å². The minimum absolute atomic E-state index is 0.126. The highest BCUT2D eigenvalue weighted by Gasteiger charge is 2.36. The Morgan fingerprint density at radius 3 is 2.58 bits per heavy atom. The van der Waals surface area contributed by atoms with E-state index in [0.29, 0.717) is 19.3 Å². The number of piperidine rings is 1. The Bertz CT molecular complexity index is 752. The van der Waals surface area contributed by atoms with Crippen molar-refractivity contribution in [2.45, 2.75) is 38.2 Å². The van der Waals surface area contributed by atoms with E-state index in [1.165, 1.54) is 30.1 Å². The third-order valence-electron chi connectivity index (χ3n) is 4.15. The number of amides is 1. The van der Waals surface area contributed by atoms with Crippen LogP contribution in [0, 0.1) is 0 Å². The SMILES string of the molecule is CN(Cc1ccccc1OC(F)(F)F)C(=O)C1CCCCN1S(C)(=O)=O. The zero-order valence-electron chi connectivity index (χ0n) is 14.5. The molecule has 1 heterocycles. The van der Waals surface area contributed by atoms with Gasteiger partial charge in [-0.2, -0.15) is 4.31 Å². The molecule has 1 saturated heterocycles. The number of ether oxygens (including phenoxy) is 1. The number of alkyl halides is 3. The number of para-hydroxylation sites is 1. The molecule has 6 nitrogen and oxygen atoms in total. The fraction of sp³-hybridized carbons (Fsp3) is 0.562. The summed E-state index contributed by atoms with van der Waals surface area (Å²) in [6.45, 7) is 0.135. The van der Waals surface area contributed by atoms with Gasteiger partial charge >= 0.3 is 6.36 Å². The monoisotopic (exact) mass is 394 g/mol. The van der Waals surface area contributed by atoms with Crippen LogP contribution < -0.4 is 4.74 Å². The first kappa shape index (κ1) is 20.5. The summed E-state index contributed by atoms with van der Waals surface area (Å²) >= 11 is 0. The van der Waals surface area contributed by atoms with Crippen molar-refractivity contribution in [3.8, 4) is 5.75 Å². The fourth-order valence-electron chi connectivity index (χ4n) is 3.00. The van der Waals surface area contributed by atoms with Gasteiger partial charge in [-0.05, 0) is 18.9 Å². The molecule has 1 aromatic carbocycles. The summed E-state index contributed by atoms with van der Waals surface area (Å²) in [5.74, 6) is -0.833. The molecule has 10 heteroatoms. The van der Waals surface area contributed by atoms with Crippen LogP contribution in [-0.4, -0.2) is 55.8 Å². The number of benzene rings is 1. The van der Waals surface area contributed by atoms with Gasteiger partial charge in [0.2, 0.25) is 15.9 Å². The summed E-state index contributed by atoms with van der Waals surface area (Å²) in [6.07, 6.45) is -2.02. The molecule has 2 rings (SSSR count). The van der Waals surface area contributed by atoms with E-state index in [2.05, 4.69) is 4.74 Å². The molecule has 1 aromatic rings. The van der Waals surface area contributed by atoms with Crippen LogP contribution in [0.25, 0.3) is 0 Å². The number of halogens is 3. The van der Waals surface area contributed by atoms with E-state index in [4.69, 9.17) is 0 Å². The fourth-order valence-corrected chi connectivity index (χ4v) is 4.11. The quantitative estimate of drug-likeness (QED) is 0.769. The molecule has 26 heavy (non-hydrogen) atoms. The summed E-state index contributed by atoms with van der Waals surface area (Å²) in [7, 11) is -2.11. The van der Waals surface area contributed by atoms with Crippen molar-refractivity contribution in [3.63, 3.8) is 0 Å². The van der Waals surface area contributed by atoms with Gasteiger partial charge < -0.3 is 9.64 Å². The van der Waals surface area contributed by atoms with Gasteiger partial charge in [0.25, 0.3) is 0 Å². The van der Waals surface area contributed by atoms with Crippen LogP contribution in [0.1, 0.15) is 24.8 Å². The number of nitrogens with zero attached hydrogens (tertiary/aromatic N) is 2. The molecule has 1 fully saturated rings. The maximum Gasteiger partial charge on any atom is 0.573 e. The van der Waals surface area contributed by atoms with Crippen LogP contribution in [0.15, 0.2) is 24.3 Å². The normalized spacial score (nSPS) is 19.2. The molecule has 146 valence electrons. The Kier molecular flexibility index (Phi) is 6.17. The Hall–Kier alpha value is -1.81. The van der Waals surface area contributed by atoms with E-state index < -0.39 is 28.3 Å². The molecule has 0 spiro atoms. The van der Waals surface area contributed by atoms with Crippen LogP contribution in [0.4, 0.5) is 13.2 Å². The van der Waals surface area contributed by atoms with Gasteiger partial charge in [-0.25, -0.2) is 8.42 Å². The highest BCUT2D eigenvalue weighted by molar-refractivity contribution is 7.88. The molecule has 0 radical (unpaired) electrons. The zero-order valence-corrected chi connectivity index (χ0v) is 15.3. The van der Waals surface area contributed by atoms with Gasteiger partial charge in [0, 0.05) is 25.7 Å². The number of sulfonamides is 1. The van der Waals surface area contributed by atoms with Gasteiger partial charge in [-0.3, -0.25) is 4.79 Å². The standard InChI is InChI=1S/C16H21F3N2O4S/c1-20(11-12-7-3-4-9-14(12)25-16(17,18)19)15(22)13-8-5-6-10-21(13)26(2,23)24/h3-4,7,9,13H,5-6,8,10-11H2,1-2H3. The summed E-state index contributed by atoms with van der Waals surface area (Å²) in [4.78, 5) is 13.9. The highest BCUT2D eigenvalue weighted by Crippen LogP contribution is 2.28. The van der Waals surface area contributed by atoms with E-state index in [1.54, 1.807) is 6.07 Å². The van der Waals surface area contributed by atoms with Crippen molar-refractivity contribution >= 4 is 15.9 Å². The van der Waals surface area contributed by atoms with Crippen molar-refractivity contribution in [3.05, 3.63) is 29.8 Å². The average Bonchev–Trinajstić information content (AvgIpc) is 2.54. The molecule has 0 saturated carbocycles. The molecule has 1 atom stereocenters. The predicted octanol–water partition coefficient (Wildman–Crippen LogP) is 2.36. The Labute approximate surface area is 150 Å². The van der Waals surface area contributed by atoms with Crippen molar-refractivity contribution < 1.29 is 31.1 Å². The summed E-state index contributed by atoms with van der Waals surface area (Å²) in [5.41, 5.74) is 0.183. The maximum atomic E-state index is 12.7. The second-order valence-electron chi connectivity index (χ2n) is 6.24. The van der Waals surface area contributed by atoms with Crippen LogP contribution in [0.5, 0.6) is 5.75 Å². The van der Waals surface area contributed by atoms with Gasteiger partial charge in [0.15, 0.2) is 0 Å². The molecular formula is C16H21F3N2O4S. The number of rotatable bonds is 5. The largest absolute Gasteiger partial charge is 0.573 e. The Balaban J connectivity index is 2.17. The molecule has 0 aliphatic carbocycles. The number of likely N-dealkylation sites (N-methyl/N-ethyl adjacent to an activating group) is 1. The molecular weight excluding hydrogens is 373 g/mol. The second kappa shape index (κ2) is 7.83. The van der Waals surface area contributed by atoms with Gasteiger partial charge in [0.05, 0.1) is 6.26 Å². The summed E-state index contributed by atoms with van der Waals surface area (Å²) < 4.78 is 66.5. The van der Waals surface area contributed by atoms with Crippen LogP contribution in [0.3, 0.4) is 0 Å². The first-order valence-electron chi connectivity index (χ1n) is 8.04. The zero-order chi connectivity index (χ0) is 19.5. The van der Waals surface area contributed by atoms with Gasteiger partial charge in [-0.1, -0.05) is 24.6 Å². The lowest BCUT2D eigenvalue weighted by Gasteiger charge is -2.35. The first-order valence-corrected chi connectivity index (χ1v) is 9.89. The molecule has 0 aromatic heterocycles. The summed E-state index contributed by atoms with van der Waals surface area (Å²) in [6, 6.07) is 4.71. The van der Waals surface area contributed by atoms with E-state index in [0.717, 1.165) is 10.6 Å². The lowest BCUT2D eigenvalue weighted by Crippen LogP contribution is -2.51. The van der Waals surface area contributed by atoms with E-state index in [-0.39, 0.29) is 24.4 Å². The smallest absolute Gasteiger partial charge is 0.405 e. The first-order chi connectivity index (χ1) is 12.0. The van der Waals surface area contributed by atoms with Crippen molar-refractivity contribution in [1.29, 1.82) is 0 Å². The minimum atomic E-state index is -4.84. The molecule has 0 bridgehead atoms. The Morgan fingerprint density at radius 2 is 1.96 bits per heavy atom. The Morgan fingerprint density at radius 1 is 1.31 bits per heavy atom. The van der Waals surface area contributed by atoms with Crippen molar-refractivity contribution in [2.75, 3.05) is 19.8 Å². The van der Waals surface area contributed by atoms with Crippen LogP contribution in [0.2, 0.25) is 0 Å². The lowest BCUT2D eigenvalue weighted by molar-refractivity contribution is -0.275. The number of carbonyl (C=O) groups excluding carboxylic acids is 1. The molecule has 1 amide bonds. The average molecular weight is 394 g/mol. The van der Waals surface area contributed by atoms with Gasteiger partial charge in [-0.15, -0.1) is 13.2 Å². The summed E-state index contributed by atoms with van der Waals surface area (Å²) in [5, 5.41) is 0. The van der Waals surface area contributed by atoms with Crippen LogP contribution >= 0.6 is 0 Å². The molecule has 1 unspecified atom stereocenters. The lowest BCUT2D eigenvalue weighted by atomic mass is 10.0. The third-order valence-corrected chi connectivity index (χ3v) is 5.44. The number of hydrogen-bond donors (Lipinski definition) is 0.